The first-order valence-electron chi connectivity index (χ1n) is 5.07. The molecule has 5 heteroatoms. The third-order valence-electron chi connectivity index (χ3n) is 2.28. The zero-order chi connectivity index (χ0) is 13.1. The molecule has 0 spiro atoms. The molecule has 0 amide bonds. The minimum absolute atomic E-state index is 0.168. The first-order chi connectivity index (χ1) is 8.60. The van der Waals surface area contributed by atoms with Gasteiger partial charge in [0.25, 0.3) is 0 Å². The Morgan fingerprint density at radius 3 is 2.50 bits per heavy atom. The van der Waals surface area contributed by atoms with Gasteiger partial charge in [0, 0.05) is 10.0 Å². The van der Waals surface area contributed by atoms with Crippen LogP contribution in [-0.2, 0) is 5.88 Å². The maximum Gasteiger partial charge on any atom is 0.146 e. The molecule has 0 bridgehead atoms. The highest BCUT2D eigenvalue weighted by molar-refractivity contribution is 9.10. The van der Waals surface area contributed by atoms with Gasteiger partial charge in [0.1, 0.15) is 17.3 Å². The van der Waals surface area contributed by atoms with Crippen LogP contribution in [-0.4, -0.2) is 0 Å². The Balaban J connectivity index is 2.33. The monoisotopic (exact) mass is 348 g/mol. The van der Waals surface area contributed by atoms with Crippen LogP contribution in [0.2, 0.25) is 5.02 Å². The zero-order valence-corrected chi connectivity index (χ0v) is 12.2. The lowest BCUT2D eigenvalue weighted by Crippen LogP contribution is -1.91. The minimum atomic E-state index is -0.347. The van der Waals surface area contributed by atoms with Crippen molar-refractivity contribution in [2.75, 3.05) is 0 Å². The molecule has 0 aromatic heterocycles. The Bertz CT molecular complexity index is 575. The van der Waals surface area contributed by atoms with Crippen molar-refractivity contribution in [2.24, 2.45) is 0 Å². The van der Waals surface area contributed by atoms with Crippen LogP contribution in [0, 0.1) is 5.82 Å². The van der Waals surface area contributed by atoms with Gasteiger partial charge >= 0.3 is 0 Å². The van der Waals surface area contributed by atoms with Gasteiger partial charge in [-0.2, -0.15) is 0 Å². The van der Waals surface area contributed by atoms with Crippen molar-refractivity contribution in [2.45, 2.75) is 5.88 Å². The highest BCUT2D eigenvalue weighted by Gasteiger charge is 2.08. The van der Waals surface area contributed by atoms with Crippen LogP contribution < -0.4 is 4.74 Å². The molecule has 0 unspecified atom stereocenters. The lowest BCUT2D eigenvalue weighted by Gasteiger charge is -2.11. The molecule has 1 nitrogen and oxygen atoms in total. The second-order valence-electron chi connectivity index (χ2n) is 3.56. The molecule has 18 heavy (non-hydrogen) atoms. The summed E-state index contributed by atoms with van der Waals surface area (Å²) in [5.41, 5.74) is 0.579. The smallest absolute Gasteiger partial charge is 0.146 e. The lowest BCUT2D eigenvalue weighted by molar-refractivity contribution is 0.476. The summed E-state index contributed by atoms with van der Waals surface area (Å²) in [6, 6.07) is 9.46. The van der Waals surface area contributed by atoms with Gasteiger partial charge in [-0.1, -0.05) is 27.5 Å². The Kier molecular flexibility index (Phi) is 4.49. The molecule has 0 aliphatic carbocycles. The SMILES string of the molecule is Fc1ccc(Oc2ccc(Br)cc2Cl)c(CCl)c1. The molecule has 0 aliphatic heterocycles. The maximum absolute atomic E-state index is 13.1. The van der Waals surface area contributed by atoms with E-state index in [1.165, 1.54) is 18.2 Å². The predicted octanol–water partition coefficient (Wildman–Crippen LogP) is 5.77. The van der Waals surface area contributed by atoms with E-state index in [1.807, 2.05) is 6.07 Å². The number of alkyl halides is 1. The van der Waals surface area contributed by atoms with E-state index < -0.39 is 0 Å². The van der Waals surface area contributed by atoms with Crippen molar-refractivity contribution in [3.63, 3.8) is 0 Å². The second kappa shape index (κ2) is 5.91. The van der Waals surface area contributed by atoms with Gasteiger partial charge in [0.05, 0.1) is 10.9 Å². The summed E-state index contributed by atoms with van der Waals surface area (Å²) in [6.07, 6.45) is 0. The number of halogens is 4. The Labute approximate surface area is 123 Å². The molecule has 2 aromatic carbocycles. The fourth-order valence-electron chi connectivity index (χ4n) is 1.43. The van der Waals surface area contributed by atoms with Crippen LogP contribution in [0.15, 0.2) is 40.9 Å². The average Bonchev–Trinajstić information content (AvgIpc) is 2.34. The minimum Gasteiger partial charge on any atom is -0.455 e. The number of ether oxygens (including phenoxy) is 1. The van der Waals surface area contributed by atoms with Crippen LogP contribution >= 0.6 is 39.1 Å². The van der Waals surface area contributed by atoms with Crippen LogP contribution in [0.3, 0.4) is 0 Å². The van der Waals surface area contributed by atoms with E-state index in [2.05, 4.69) is 15.9 Å². The quantitative estimate of drug-likeness (QED) is 0.639. The molecule has 2 rings (SSSR count). The largest absolute Gasteiger partial charge is 0.455 e. The van der Waals surface area contributed by atoms with Gasteiger partial charge in [0.15, 0.2) is 0 Å². The molecule has 0 radical (unpaired) electrons. The number of benzene rings is 2. The predicted molar refractivity (Wildman–Crippen MR) is 75.2 cm³/mol. The van der Waals surface area contributed by atoms with Gasteiger partial charge in [-0.15, -0.1) is 11.6 Å². The van der Waals surface area contributed by atoms with Gasteiger partial charge in [-0.3, -0.25) is 0 Å². The van der Waals surface area contributed by atoms with Crippen LogP contribution in [0.4, 0.5) is 4.39 Å². The van der Waals surface area contributed by atoms with Crippen LogP contribution in [0.5, 0.6) is 11.5 Å². The maximum atomic E-state index is 13.1. The van der Waals surface area contributed by atoms with Crippen molar-refractivity contribution in [3.05, 3.63) is 57.3 Å². The molecular weight excluding hydrogens is 342 g/mol. The molecule has 0 saturated carbocycles. The average molecular weight is 350 g/mol. The van der Waals surface area contributed by atoms with Crippen molar-refractivity contribution < 1.29 is 9.13 Å². The summed E-state index contributed by atoms with van der Waals surface area (Å²) >= 11 is 15.1. The van der Waals surface area contributed by atoms with Crippen LogP contribution in [0.1, 0.15) is 5.56 Å². The van der Waals surface area contributed by atoms with Crippen molar-refractivity contribution in [1.82, 2.24) is 0 Å². The van der Waals surface area contributed by atoms with E-state index in [0.29, 0.717) is 22.1 Å². The molecule has 0 atom stereocenters. The van der Waals surface area contributed by atoms with Crippen molar-refractivity contribution in [1.29, 1.82) is 0 Å². The molecule has 0 aliphatic rings. The van der Waals surface area contributed by atoms with Gasteiger partial charge in [0.2, 0.25) is 0 Å². The van der Waals surface area contributed by atoms with Crippen molar-refractivity contribution in [3.8, 4) is 11.5 Å². The number of hydrogen-bond acceptors (Lipinski definition) is 1. The Hall–Kier alpha value is -0.770. The van der Waals surface area contributed by atoms with Gasteiger partial charge < -0.3 is 4.74 Å². The molecular formula is C13H8BrCl2FO. The zero-order valence-electron chi connectivity index (χ0n) is 9.09. The Morgan fingerprint density at radius 2 is 1.83 bits per heavy atom. The molecule has 0 saturated heterocycles. The lowest BCUT2D eigenvalue weighted by atomic mass is 10.2. The standard InChI is InChI=1S/C13H8BrCl2FO/c14-9-1-3-13(11(16)6-9)18-12-4-2-10(17)5-8(12)7-15/h1-6H,7H2. The topological polar surface area (TPSA) is 9.23 Å². The third kappa shape index (κ3) is 3.16. The van der Waals surface area contributed by atoms with E-state index in [1.54, 1.807) is 12.1 Å². The molecule has 2 aromatic rings. The van der Waals surface area contributed by atoms with Gasteiger partial charge in [-0.05, 0) is 36.4 Å². The van der Waals surface area contributed by atoms with E-state index >= 15 is 0 Å². The fourth-order valence-corrected chi connectivity index (χ4v) is 2.35. The summed E-state index contributed by atoms with van der Waals surface area (Å²) < 4.78 is 19.6. The summed E-state index contributed by atoms with van der Waals surface area (Å²) in [7, 11) is 0. The molecule has 0 heterocycles. The van der Waals surface area contributed by atoms with E-state index in [9.17, 15) is 4.39 Å². The summed E-state index contributed by atoms with van der Waals surface area (Å²) in [5.74, 6) is 0.815. The molecule has 94 valence electrons. The second-order valence-corrected chi connectivity index (χ2v) is 5.15. The highest BCUT2D eigenvalue weighted by Crippen LogP contribution is 2.33. The van der Waals surface area contributed by atoms with E-state index in [4.69, 9.17) is 27.9 Å². The number of hydrogen-bond donors (Lipinski definition) is 0. The first kappa shape index (κ1) is 13.7. The van der Waals surface area contributed by atoms with E-state index in [-0.39, 0.29) is 11.7 Å². The summed E-state index contributed by atoms with van der Waals surface area (Å²) in [6.45, 7) is 0. The highest BCUT2D eigenvalue weighted by atomic mass is 79.9. The Morgan fingerprint density at radius 1 is 1.11 bits per heavy atom. The number of rotatable bonds is 3. The van der Waals surface area contributed by atoms with Crippen LogP contribution in [0.25, 0.3) is 0 Å². The molecule has 0 N–H and O–H groups in total. The third-order valence-corrected chi connectivity index (χ3v) is 3.36. The molecule has 0 fully saturated rings. The summed E-state index contributed by atoms with van der Waals surface area (Å²) in [4.78, 5) is 0. The normalized spacial score (nSPS) is 10.4. The van der Waals surface area contributed by atoms with E-state index in [0.717, 1.165) is 4.47 Å². The summed E-state index contributed by atoms with van der Waals surface area (Å²) in [5, 5.41) is 0.467. The van der Waals surface area contributed by atoms with Gasteiger partial charge in [-0.25, -0.2) is 4.39 Å². The fraction of sp³-hybridized carbons (Fsp3) is 0.0769. The van der Waals surface area contributed by atoms with Crippen molar-refractivity contribution >= 4 is 39.1 Å². The first-order valence-corrected chi connectivity index (χ1v) is 6.78.